The van der Waals surface area contributed by atoms with E-state index >= 15 is 0 Å². The van der Waals surface area contributed by atoms with E-state index in [4.69, 9.17) is 11.5 Å². The second-order valence-electron chi connectivity index (χ2n) is 3.58. The highest BCUT2D eigenvalue weighted by molar-refractivity contribution is 5.80. The van der Waals surface area contributed by atoms with E-state index in [-0.39, 0.29) is 19.5 Å². The highest BCUT2D eigenvalue weighted by atomic mass is 19.4. The Morgan fingerprint density at radius 1 is 1.53 bits per heavy atom. The molecular weight excluding hydrogens is 211 g/mol. The van der Waals surface area contributed by atoms with Gasteiger partial charge in [-0.05, 0) is 19.4 Å². The number of likely N-dealkylation sites (tertiary alicyclic amines) is 1. The number of rotatable bonds is 4. The molecule has 0 saturated carbocycles. The van der Waals surface area contributed by atoms with Gasteiger partial charge in [0.25, 0.3) is 0 Å². The standard InChI is InChI=1S/C8H14F3N3O/c9-8(10,11)6(1-3-12)14-4-2-5(14)7(13)15/h5-6H,1-4,12H2,(H2,13,15). The number of amides is 1. The zero-order valence-corrected chi connectivity index (χ0v) is 8.13. The van der Waals surface area contributed by atoms with Crippen molar-refractivity contribution in [1.29, 1.82) is 0 Å². The molecule has 0 radical (unpaired) electrons. The van der Waals surface area contributed by atoms with Gasteiger partial charge in [0.05, 0.1) is 6.04 Å². The molecule has 1 fully saturated rings. The fourth-order valence-corrected chi connectivity index (χ4v) is 1.76. The number of hydrogen-bond donors (Lipinski definition) is 2. The van der Waals surface area contributed by atoms with Gasteiger partial charge in [-0.15, -0.1) is 0 Å². The van der Waals surface area contributed by atoms with Crippen molar-refractivity contribution in [3.63, 3.8) is 0 Å². The number of nitrogens with zero attached hydrogens (tertiary/aromatic N) is 1. The quantitative estimate of drug-likeness (QED) is 0.697. The van der Waals surface area contributed by atoms with Gasteiger partial charge >= 0.3 is 6.18 Å². The van der Waals surface area contributed by atoms with Crippen LogP contribution in [0.1, 0.15) is 12.8 Å². The Bertz CT molecular complexity index is 244. The number of carbonyl (C=O) groups is 1. The van der Waals surface area contributed by atoms with E-state index in [1.165, 1.54) is 0 Å². The van der Waals surface area contributed by atoms with Crippen LogP contribution in [0, 0.1) is 0 Å². The Morgan fingerprint density at radius 2 is 2.13 bits per heavy atom. The first-order chi connectivity index (χ1) is 6.88. The molecule has 1 heterocycles. The third-order valence-electron chi connectivity index (χ3n) is 2.61. The van der Waals surface area contributed by atoms with Crippen LogP contribution in [0.4, 0.5) is 13.2 Å². The number of halogens is 3. The lowest BCUT2D eigenvalue weighted by atomic mass is 9.97. The predicted molar refractivity (Wildman–Crippen MR) is 47.8 cm³/mol. The molecule has 2 unspecified atom stereocenters. The van der Waals surface area contributed by atoms with Crippen molar-refractivity contribution in [2.24, 2.45) is 11.5 Å². The molecule has 0 aromatic rings. The molecule has 0 bridgehead atoms. The van der Waals surface area contributed by atoms with Crippen LogP contribution in [0.3, 0.4) is 0 Å². The molecule has 1 aliphatic heterocycles. The molecule has 88 valence electrons. The highest BCUT2D eigenvalue weighted by Crippen LogP contribution is 2.32. The summed E-state index contributed by atoms with van der Waals surface area (Å²) in [5, 5.41) is 0. The molecule has 1 rings (SSSR count). The van der Waals surface area contributed by atoms with Crippen molar-refractivity contribution >= 4 is 5.91 Å². The maximum Gasteiger partial charge on any atom is 0.404 e. The van der Waals surface area contributed by atoms with Crippen molar-refractivity contribution in [2.45, 2.75) is 31.1 Å². The van der Waals surface area contributed by atoms with Crippen LogP contribution in [0.2, 0.25) is 0 Å². The molecule has 1 saturated heterocycles. The predicted octanol–water partition coefficient (Wildman–Crippen LogP) is -0.174. The van der Waals surface area contributed by atoms with Crippen LogP contribution in [0.15, 0.2) is 0 Å². The molecule has 7 heteroatoms. The lowest BCUT2D eigenvalue weighted by Crippen LogP contribution is -2.62. The normalized spacial score (nSPS) is 24.7. The van der Waals surface area contributed by atoms with E-state index in [1.54, 1.807) is 0 Å². The van der Waals surface area contributed by atoms with Crippen LogP contribution in [-0.4, -0.2) is 42.2 Å². The number of carbonyl (C=O) groups excluding carboxylic acids is 1. The van der Waals surface area contributed by atoms with Crippen molar-refractivity contribution in [2.75, 3.05) is 13.1 Å². The average molecular weight is 225 g/mol. The summed E-state index contributed by atoms with van der Waals surface area (Å²) < 4.78 is 37.7. The summed E-state index contributed by atoms with van der Waals surface area (Å²) in [6, 6.07) is -2.43. The van der Waals surface area contributed by atoms with Gasteiger partial charge in [-0.2, -0.15) is 13.2 Å². The zero-order chi connectivity index (χ0) is 11.6. The van der Waals surface area contributed by atoms with Crippen molar-refractivity contribution in [1.82, 2.24) is 4.90 Å². The van der Waals surface area contributed by atoms with Crippen molar-refractivity contribution in [3.8, 4) is 0 Å². The smallest absolute Gasteiger partial charge is 0.368 e. The molecule has 4 nitrogen and oxygen atoms in total. The lowest BCUT2D eigenvalue weighted by molar-refractivity contribution is -0.203. The molecule has 2 atom stereocenters. The van der Waals surface area contributed by atoms with Gasteiger partial charge < -0.3 is 11.5 Å². The number of hydrogen-bond acceptors (Lipinski definition) is 3. The summed E-state index contributed by atoms with van der Waals surface area (Å²) in [5.74, 6) is -0.701. The molecule has 0 aromatic heterocycles. The van der Waals surface area contributed by atoms with Gasteiger partial charge in [0.15, 0.2) is 0 Å². The van der Waals surface area contributed by atoms with Crippen LogP contribution < -0.4 is 11.5 Å². The van der Waals surface area contributed by atoms with Gasteiger partial charge in [0, 0.05) is 6.54 Å². The fourth-order valence-electron chi connectivity index (χ4n) is 1.76. The first kappa shape index (κ1) is 12.3. The summed E-state index contributed by atoms with van der Waals surface area (Å²) >= 11 is 0. The largest absolute Gasteiger partial charge is 0.404 e. The van der Waals surface area contributed by atoms with Gasteiger partial charge in [-0.3, -0.25) is 9.69 Å². The summed E-state index contributed by atoms with van der Waals surface area (Å²) in [7, 11) is 0. The second kappa shape index (κ2) is 4.36. The summed E-state index contributed by atoms with van der Waals surface area (Å²) in [5.41, 5.74) is 10.1. The van der Waals surface area contributed by atoms with Gasteiger partial charge in [0.1, 0.15) is 6.04 Å². The SMILES string of the molecule is NCCC(N1CCC1C(N)=O)C(F)(F)F. The first-order valence-corrected chi connectivity index (χ1v) is 4.69. The molecule has 1 aliphatic rings. The van der Waals surface area contributed by atoms with Gasteiger partial charge in [-0.25, -0.2) is 0 Å². The van der Waals surface area contributed by atoms with Crippen molar-refractivity contribution in [3.05, 3.63) is 0 Å². The highest BCUT2D eigenvalue weighted by Gasteiger charge is 2.49. The molecule has 0 spiro atoms. The van der Waals surface area contributed by atoms with Crippen LogP contribution in [-0.2, 0) is 4.79 Å². The molecule has 15 heavy (non-hydrogen) atoms. The Morgan fingerprint density at radius 3 is 2.40 bits per heavy atom. The molecular formula is C8H14F3N3O. The van der Waals surface area contributed by atoms with Crippen LogP contribution in [0.5, 0.6) is 0 Å². The zero-order valence-electron chi connectivity index (χ0n) is 8.13. The minimum atomic E-state index is -4.35. The van der Waals surface area contributed by atoms with E-state index in [0.29, 0.717) is 6.42 Å². The van der Waals surface area contributed by atoms with Gasteiger partial charge in [0.2, 0.25) is 5.91 Å². The maximum absolute atomic E-state index is 12.6. The van der Waals surface area contributed by atoms with E-state index in [2.05, 4.69) is 0 Å². The van der Waals surface area contributed by atoms with Gasteiger partial charge in [-0.1, -0.05) is 0 Å². The van der Waals surface area contributed by atoms with E-state index < -0.39 is 24.2 Å². The minimum Gasteiger partial charge on any atom is -0.368 e. The Balaban J connectivity index is 2.69. The van der Waals surface area contributed by atoms with E-state index in [9.17, 15) is 18.0 Å². The molecule has 0 aliphatic carbocycles. The third-order valence-corrected chi connectivity index (χ3v) is 2.61. The average Bonchev–Trinajstić information content (AvgIpc) is 1.98. The topological polar surface area (TPSA) is 72.3 Å². The summed E-state index contributed by atoms with van der Waals surface area (Å²) in [4.78, 5) is 11.9. The van der Waals surface area contributed by atoms with E-state index in [1.807, 2.05) is 0 Å². The number of alkyl halides is 3. The Hall–Kier alpha value is -0.820. The second-order valence-corrected chi connectivity index (χ2v) is 3.58. The Kier molecular flexibility index (Phi) is 3.56. The minimum absolute atomic E-state index is 0.0633. The molecule has 1 amide bonds. The Labute approximate surface area is 85.4 Å². The summed E-state index contributed by atoms with van der Waals surface area (Å²) in [6.45, 7) is 0.184. The molecule has 4 N–H and O–H groups in total. The maximum atomic E-state index is 12.6. The molecule has 0 aromatic carbocycles. The summed E-state index contributed by atoms with van der Waals surface area (Å²) in [6.07, 6.45) is -4.16. The van der Waals surface area contributed by atoms with E-state index in [0.717, 1.165) is 4.90 Å². The lowest BCUT2D eigenvalue weighted by Gasteiger charge is -2.44. The number of nitrogens with two attached hydrogens (primary N) is 2. The number of primary amides is 1. The van der Waals surface area contributed by atoms with Crippen molar-refractivity contribution < 1.29 is 18.0 Å². The third kappa shape index (κ3) is 2.60. The monoisotopic (exact) mass is 225 g/mol. The fraction of sp³-hybridized carbons (Fsp3) is 0.875. The first-order valence-electron chi connectivity index (χ1n) is 4.69. The van der Waals surface area contributed by atoms with Crippen LogP contribution in [0.25, 0.3) is 0 Å². The van der Waals surface area contributed by atoms with Crippen LogP contribution >= 0.6 is 0 Å².